The second kappa shape index (κ2) is 27.3. The molecule has 1 atom stereocenters. The summed E-state index contributed by atoms with van der Waals surface area (Å²) >= 11 is 0. The van der Waals surface area contributed by atoms with Crippen LogP contribution in [0.25, 0.3) is 0 Å². The Morgan fingerprint density at radius 2 is 1.03 bits per heavy atom. The van der Waals surface area contributed by atoms with Gasteiger partial charge in [0.25, 0.3) is 0 Å². The Labute approximate surface area is 217 Å². The van der Waals surface area contributed by atoms with Crippen LogP contribution in [0.4, 0.5) is 0 Å². The molecule has 0 aliphatic carbocycles. The topological polar surface area (TPSA) is 63.6 Å². The van der Waals surface area contributed by atoms with Gasteiger partial charge in [-0.15, -0.1) is 0 Å². The second-order valence-corrected chi connectivity index (χ2v) is 10.3. The number of carbonyl (C=O) groups is 2. The fraction of sp³-hybridized carbons (Fsp3) is 0.871. The largest absolute Gasteiger partial charge is 0.481 e. The quantitative estimate of drug-likeness (QED) is 0.0701. The van der Waals surface area contributed by atoms with Crippen molar-refractivity contribution in [2.75, 3.05) is 0 Å². The summed E-state index contributed by atoms with van der Waals surface area (Å²) in [5.74, 6) is -0.744. The molecular formula is C31H58O4. The molecule has 0 aromatic heterocycles. The van der Waals surface area contributed by atoms with Gasteiger partial charge in [0, 0.05) is 12.8 Å². The lowest BCUT2D eigenvalue weighted by molar-refractivity contribution is -0.150. The first kappa shape index (κ1) is 33.7. The summed E-state index contributed by atoms with van der Waals surface area (Å²) in [6, 6.07) is 0. The van der Waals surface area contributed by atoms with Crippen molar-refractivity contribution in [3.05, 3.63) is 12.2 Å². The first-order valence-electron chi connectivity index (χ1n) is 15.2. The van der Waals surface area contributed by atoms with E-state index in [9.17, 15) is 9.59 Å². The van der Waals surface area contributed by atoms with Crippen LogP contribution in [-0.2, 0) is 14.3 Å². The monoisotopic (exact) mass is 494 g/mol. The van der Waals surface area contributed by atoms with Crippen molar-refractivity contribution in [1.82, 2.24) is 0 Å². The third-order valence-electron chi connectivity index (χ3n) is 6.74. The van der Waals surface area contributed by atoms with Crippen LogP contribution in [0.1, 0.15) is 168 Å². The van der Waals surface area contributed by atoms with Crippen molar-refractivity contribution in [3.8, 4) is 0 Å². The third-order valence-corrected chi connectivity index (χ3v) is 6.74. The number of aliphatic carboxylic acids is 1. The van der Waals surface area contributed by atoms with Gasteiger partial charge >= 0.3 is 11.9 Å². The van der Waals surface area contributed by atoms with E-state index in [1.807, 2.05) is 0 Å². The van der Waals surface area contributed by atoms with E-state index in [1.54, 1.807) is 0 Å². The van der Waals surface area contributed by atoms with Crippen LogP contribution in [0.5, 0.6) is 0 Å². The second-order valence-electron chi connectivity index (χ2n) is 10.3. The maximum Gasteiger partial charge on any atom is 0.306 e. The molecule has 0 spiro atoms. The van der Waals surface area contributed by atoms with Gasteiger partial charge in [0.15, 0.2) is 0 Å². The Bertz CT molecular complexity index is 500. The van der Waals surface area contributed by atoms with Crippen molar-refractivity contribution in [2.24, 2.45) is 0 Å². The van der Waals surface area contributed by atoms with Crippen molar-refractivity contribution >= 4 is 11.9 Å². The molecule has 0 radical (unpaired) electrons. The van der Waals surface area contributed by atoms with E-state index >= 15 is 0 Å². The van der Waals surface area contributed by atoms with E-state index in [4.69, 9.17) is 9.84 Å². The van der Waals surface area contributed by atoms with Gasteiger partial charge in [-0.2, -0.15) is 0 Å². The van der Waals surface area contributed by atoms with E-state index in [0.29, 0.717) is 6.42 Å². The lowest BCUT2D eigenvalue weighted by atomic mass is 10.0. The summed E-state index contributed by atoms with van der Waals surface area (Å²) in [4.78, 5) is 23.0. The standard InChI is InChI=1S/C31H58O4/c1-3-5-7-9-10-11-12-13-14-15-16-17-18-24-28-31(34)35-29(25-21-8-6-4-2)26-22-19-20-23-27-30(32)33/h12-13,29H,3-11,14-28H2,1-2H3,(H,32,33)/b13-12-. The third kappa shape index (κ3) is 27.1. The molecule has 1 N–H and O–H groups in total. The molecule has 1 unspecified atom stereocenters. The highest BCUT2D eigenvalue weighted by Crippen LogP contribution is 2.17. The predicted molar refractivity (Wildman–Crippen MR) is 149 cm³/mol. The molecule has 0 aliphatic heterocycles. The highest BCUT2D eigenvalue weighted by atomic mass is 16.5. The Balaban J connectivity index is 3.83. The molecule has 0 saturated carbocycles. The molecule has 0 bridgehead atoms. The van der Waals surface area contributed by atoms with Crippen LogP contribution < -0.4 is 0 Å². The predicted octanol–water partition coefficient (Wildman–Crippen LogP) is 9.94. The SMILES string of the molecule is CCCCCCC/C=C\CCCCCCCC(=O)OC(CCCCCC)CCCCCCC(=O)O. The number of rotatable bonds is 27. The normalized spacial score (nSPS) is 12.3. The minimum Gasteiger partial charge on any atom is -0.481 e. The number of hydrogen-bond acceptors (Lipinski definition) is 3. The number of carboxylic acids is 1. The van der Waals surface area contributed by atoms with E-state index in [1.165, 1.54) is 83.5 Å². The van der Waals surface area contributed by atoms with Gasteiger partial charge in [-0.05, 0) is 64.2 Å². The van der Waals surface area contributed by atoms with Crippen molar-refractivity contribution in [2.45, 2.75) is 174 Å². The van der Waals surface area contributed by atoms with Gasteiger partial charge in [0.05, 0.1) is 0 Å². The number of ether oxygens (including phenoxy) is 1. The fourth-order valence-corrected chi connectivity index (χ4v) is 4.47. The van der Waals surface area contributed by atoms with Crippen LogP contribution >= 0.6 is 0 Å². The summed E-state index contributed by atoms with van der Waals surface area (Å²) in [6.45, 7) is 4.47. The van der Waals surface area contributed by atoms with E-state index in [0.717, 1.165) is 57.8 Å². The summed E-state index contributed by atoms with van der Waals surface area (Å²) in [6.07, 6.45) is 30.9. The van der Waals surface area contributed by atoms with Crippen molar-refractivity contribution in [3.63, 3.8) is 0 Å². The van der Waals surface area contributed by atoms with Crippen LogP contribution in [0.15, 0.2) is 12.2 Å². The molecule has 4 nitrogen and oxygen atoms in total. The maximum absolute atomic E-state index is 12.4. The molecule has 0 aromatic carbocycles. The number of allylic oxidation sites excluding steroid dienone is 2. The van der Waals surface area contributed by atoms with Crippen molar-refractivity contribution < 1.29 is 19.4 Å². The molecule has 0 aliphatic rings. The number of carbonyl (C=O) groups excluding carboxylic acids is 1. The lowest BCUT2D eigenvalue weighted by Gasteiger charge is -2.18. The summed E-state index contributed by atoms with van der Waals surface area (Å²) < 4.78 is 5.85. The first-order chi connectivity index (χ1) is 17.1. The molecule has 4 heteroatoms. The molecule has 0 rings (SSSR count). The zero-order valence-electron chi connectivity index (χ0n) is 23.4. The molecular weight excluding hydrogens is 436 g/mol. The highest BCUT2D eigenvalue weighted by molar-refractivity contribution is 5.69. The highest BCUT2D eigenvalue weighted by Gasteiger charge is 2.14. The number of carboxylic acid groups (broad SMARTS) is 1. The van der Waals surface area contributed by atoms with Crippen LogP contribution in [0.3, 0.4) is 0 Å². The number of esters is 1. The number of unbranched alkanes of at least 4 members (excludes halogenated alkanes) is 16. The molecule has 0 fully saturated rings. The minimum absolute atomic E-state index is 0.0294. The molecule has 206 valence electrons. The Morgan fingerprint density at radius 3 is 1.57 bits per heavy atom. The van der Waals surface area contributed by atoms with Gasteiger partial charge in [-0.25, -0.2) is 0 Å². The fourth-order valence-electron chi connectivity index (χ4n) is 4.47. The van der Waals surface area contributed by atoms with Crippen LogP contribution in [0, 0.1) is 0 Å². The van der Waals surface area contributed by atoms with Crippen LogP contribution in [-0.4, -0.2) is 23.1 Å². The Kier molecular flexibility index (Phi) is 26.2. The van der Waals surface area contributed by atoms with Gasteiger partial charge in [-0.1, -0.05) is 103 Å². The van der Waals surface area contributed by atoms with Gasteiger partial charge in [0.2, 0.25) is 0 Å². The number of hydrogen-bond donors (Lipinski definition) is 1. The minimum atomic E-state index is -0.715. The maximum atomic E-state index is 12.4. The summed E-state index contributed by atoms with van der Waals surface area (Å²) in [7, 11) is 0. The van der Waals surface area contributed by atoms with Crippen LogP contribution in [0.2, 0.25) is 0 Å². The van der Waals surface area contributed by atoms with E-state index in [2.05, 4.69) is 26.0 Å². The average Bonchev–Trinajstić information content (AvgIpc) is 2.83. The van der Waals surface area contributed by atoms with Gasteiger partial charge < -0.3 is 9.84 Å². The van der Waals surface area contributed by atoms with E-state index in [-0.39, 0.29) is 18.5 Å². The van der Waals surface area contributed by atoms with Gasteiger partial charge in [-0.3, -0.25) is 9.59 Å². The average molecular weight is 495 g/mol. The van der Waals surface area contributed by atoms with Crippen molar-refractivity contribution in [1.29, 1.82) is 0 Å². The lowest BCUT2D eigenvalue weighted by Crippen LogP contribution is -2.18. The molecule has 0 saturated heterocycles. The Morgan fingerprint density at radius 1 is 0.600 bits per heavy atom. The summed E-state index contributed by atoms with van der Waals surface area (Å²) in [5.41, 5.74) is 0. The van der Waals surface area contributed by atoms with E-state index < -0.39 is 5.97 Å². The smallest absolute Gasteiger partial charge is 0.306 e. The molecule has 0 heterocycles. The zero-order valence-corrected chi connectivity index (χ0v) is 23.4. The molecule has 0 amide bonds. The first-order valence-corrected chi connectivity index (χ1v) is 15.2. The molecule has 35 heavy (non-hydrogen) atoms. The summed E-state index contributed by atoms with van der Waals surface area (Å²) in [5, 5.41) is 8.74. The zero-order chi connectivity index (χ0) is 25.8. The van der Waals surface area contributed by atoms with Gasteiger partial charge in [0.1, 0.15) is 6.10 Å². The molecule has 0 aromatic rings. The Hall–Kier alpha value is -1.32.